The molecule has 0 radical (unpaired) electrons. The van der Waals surface area contributed by atoms with Crippen LogP contribution in [-0.2, 0) is 9.47 Å². The smallest absolute Gasteiger partial charge is 0.410 e. The largest absolute Gasteiger partial charge is 0.444 e. The third-order valence-corrected chi connectivity index (χ3v) is 8.61. The van der Waals surface area contributed by atoms with Crippen LogP contribution in [0.25, 0.3) is 5.52 Å². The molecule has 5 rings (SSSR count). The van der Waals surface area contributed by atoms with Crippen LogP contribution in [0.2, 0.25) is 0 Å². The molecular formula is C30H43FN6O3. The lowest BCUT2D eigenvalue weighted by Gasteiger charge is -2.46. The number of ether oxygens (including phenoxy) is 2. The van der Waals surface area contributed by atoms with E-state index in [9.17, 15) is 9.18 Å². The van der Waals surface area contributed by atoms with Gasteiger partial charge in [-0.15, -0.1) is 0 Å². The van der Waals surface area contributed by atoms with Crippen LogP contribution >= 0.6 is 0 Å². The molecule has 1 unspecified atom stereocenters. The molecule has 0 aliphatic carbocycles. The number of rotatable bonds is 8. The second-order valence-corrected chi connectivity index (χ2v) is 11.4. The number of nitrogens with zero attached hydrogens (tertiary/aromatic N) is 6. The maximum atomic E-state index is 12.7. The number of halogens is 1. The fraction of sp³-hybridized carbons (Fsp3) is 0.633. The Kier molecular flexibility index (Phi) is 8.75. The highest BCUT2D eigenvalue weighted by molar-refractivity contribution is 6.10. The molecule has 2 fully saturated rings. The van der Waals surface area contributed by atoms with Crippen molar-refractivity contribution in [1.29, 1.82) is 0 Å². The first-order valence-electron chi connectivity index (χ1n) is 14.7. The summed E-state index contributed by atoms with van der Waals surface area (Å²) in [4.78, 5) is 23.8. The van der Waals surface area contributed by atoms with Crippen molar-refractivity contribution in [3.63, 3.8) is 0 Å². The van der Waals surface area contributed by atoms with Crippen LogP contribution < -0.4 is 4.90 Å². The Hall–Kier alpha value is -2.98. The zero-order valence-electron chi connectivity index (χ0n) is 24.3. The van der Waals surface area contributed by atoms with E-state index in [-0.39, 0.29) is 11.5 Å². The fourth-order valence-electron chi connectivity index (χ4n) is 6.19. The highest BCUT2D eigenvalue weighted by Gasteiger charge is 2.42. The molecule has 0 N–H and O–H groups in total. The van der Waals surface area contributed by atoms with E-state index < -0.39 is 18.9 Å². The van der Waals surface area contributed by atoms with Gasteiger partial charge < -0.3 is 24.2 Å². The van der Waals surface area contributed by atoms with Gasteiger partial charge in [0.05, 0.1) is 22.5 Å². The molecule has 2 saturated heterocycles. The first-order valence-corrected chi connectivity index (χ1v) is 14.7. The van der Waals surface area contributed by atoms with Crippen molar-refractivity contribution in [2.24, 2.45) is 10.9 Å². The van der Waals surface area contributed by atoms with Crippen LogP contribution in [0, 0.1) is 5.92 Å². The van der Waals surface area contributed by atoms with Crippen molar-refractivity contribution in [1.82, 2.24) is 19.4 Å². The molecule has 2 aromatic rings. The number of aliphatic imine (C=N–C) groups is 1. The van der Waals surface area contributed by atoms with Gasteiger partial charge in [-0.25, -0.2) is 13.7 Å². The Morgan fingerprint density at radius 1 is 1.15 bits per heavy atom. The number of piperidine rings is 1. The van der Waals surface area contributed by atoms with Gasteiger partial charge in [-0.3, -0.25) is 4.99 Å². The van der Waals surface area contributed by atoms with Gasteiger partial charge >= 0.3 is 6.09 Å². The Balaban J connectivity index is 1.26. The highest BCUT2D eigenvalue weighted by atomic mass is 19.1. The number of aromatic nitrogens is 2. The van der Waals surface area contributed by atoms with Crippen molar-refractivity contribution in [3.8, 4) is 0 Å². The average Bonchev–Trinajstić information content (AvgIpc) is 3.42. The number of carbonyl (C=O) groups excluding carboxylic acids is 1. The number of likely N-dealkylation sites (tertiary alicyclic amines) is 1. The minimum absolute atomic E-state index is 0.148. The van der Waals surface area contributed by atoms with Crippen LogP contribution in [0.4, 0.5) is 14.9 Å². The summed E-state index contributed by atoms with van der Waals surface area (Å²) >= 11 is 0. The molecule has 0 aromatic carbocycles. The van der Waals surface area contributed by atoms with E-state index in [0.717, 1.165) is 55.0 Å². The molecule has 10 heteroatoms. The van der Waals surface area contributed by atoms with Crippen LogP contribution in [-0.4, -0.2) is 108 Å². The van der Waals surface area contributed by atoms with Gasteiger partial charge in [0.1, 0.15) is 12.8 Å². The molecule has 0 spiro atoms. The summed E-state index contributed by atoms with van der Waals surface area (Å²) in [6, 6.07) is 4.72. The minimum atomic E-state index is -0.723. The summed E-state index contributed by atoms with van der Waals surface area (Å²) in [6.45, 7) is 13.4. The van der Waals surface area contributed by atoms with Crippen LogP contribution in [0.1, 0.15) is 46.1 Å². The predicted molar refractivity (Wildman–Crippen MR) is 155 cm³/mol. The van der Waals surface area contributed by atoms with E-state index in [1.54, 1.807) is 18.0 Å². The number of dihydropyridines is 1. The summed E-state index contributed by atoms with van der Waals surface area (Å²) in [6.07, 6.45) is 9.19. The summed E-state index contributed by atoms with van der Waals surface area (Å²) in [5.74, 6) is 0.270. The van der Waals surface area contributed by atoms with Crippen LogP contribution in [0.3, 0.4) is 0 Å². The summed E-state index contributed by atoms with van der Waals surface area (Å²) in [7, 11) is 0. The maximum Gasteiger partial charge on any atom is 0.410 e. The number of allylic oxidation sites excluding steroid dienone is 1. The lowest BCUT2D eigenvalue weighted by Crippen LogP contribution is -2.52. The number of anilines is 1. The van der Waals surface area contributed by atoms with E-state index in [2.05, 4.69) is 53.9 Å². The Morgan fingerprint density at radius 3 is 2.52 bits per heavy atom. The van der Waals surface area contributed by atoms with E-state index in [1.165, 1.54) is 0 Å². The Labute approximate surface area is 236 Å². The lowest BCUT2D eigenvalue weighted by atomic mass is 9.77. The minimum Gasteiger partial charge on any atom is -0.444 e. The van der Waals surface area contributed by atoms with E-state index in [1.807, 2.05) is 16.8 Å². The van der Waals surface area contributed by atoms with Gasteiger partial charge in [0.25, 0.3) is 0 Å². The molecule has 9 nitrogen and oxygen atoms in total. The molecule has 3 aliphatic rings. The van der Waals surface area contributed by atoms with Gasteiger partial charge in [-0.1, -0.05) is 6.08 Å². The molecular weight excluding hydrogens is 511 g/mol. The van der Waals surface area contributed by atoms with E-state index in [0.29, 0.717) is 38.8 Å². The Morgan fingerprint density at radius 2 is 1.90 bits per heavy atom. The molecule has 2 aromatic heterocycles. The number of amides is 1. The highest BCUT2D eigenvalue weighted by Crippen LogP contribution is 2.37. The van der Waals surface area contributed by atoms with Crippen LogP contribution in [0.15, 0.2) is 41.7 Å². The quantitative estimate of drug-likeness (QED) is 0.487. The molecule has 218 valence electrons. The first-order chi connectivity index (χ1) is 19.3. The van der Waals surface area contributed by atoms with Gasteiger partial charge in [0, 0.05) is 82.3 Å². The topological polar surface area (TPSA) is 74.9 Å². The molecule has 40 heavy (non-hydrogen) atoms. The predicted octanol–water partition coefficient (Wildman–Crippen LogP) is 4.21. The normalized spacial score (nSPS) is 22.6. The molecule has 0 saturated carbocycles. The number of piperazine rings is 1. The number of carbonyl (C=O) groups is 1. The summed E-state index contributed by atoms with van der Waals surface area (Å²) in [5, 5.41) is 4.55. The SMILES string of the molecule is CCOC1(C2C=CC(c3cc4c(N5CCN(C(=O)O[C@H](C)CF)CC5)ccnn4c3)=NC2)CCN(C(C)C)CC1. The van der Waals surface area contributed by atoms with Crippen molar-refractivity contribution >= 4 is 23.0 Å². The molecule has 1 amide bonds. The number of fused-ring (bicyclic) bond motifs is 1. The lowest BCUT2D eigenvalue weighted by molar-refractivity contribution is -0.107. The van der Waals surface area contributed by atoms with Crippen molar-refractivity contribution < 1.29 is 18.7 Å². The first kappa shape index (κ1) is 28.5. The third-order valence-electron chi connectivity index (χ3n) is 8.61. The number of hydrogen-bond donors (Lipinski definition) is 0. The third kappa shape index (κ3) is 5.88. The number of hydrogen-bond acceptors (Lipinski definition) is 7. The molecule has 5 heterocycles. The van der Waals surface area contributed by atoms with Crippen molar-refractivity contribution in [3.05, 3.63) is 42.2 Å². The average molecular weight is 555 g/mol. The van der Waals surface area contributed by atoms with Crippen LogP contribution in [0.5, 0.6) is 0 Å². The number of alkyl halides is 1. The van der Waals surface area contributed by atoms with Gasteiger partial charge in [-0.2, -0.15) is 5.10 Å². The van der Waals surface area contributed by atoms with Gasteiger partial charge in [0.15, 0.2) is 0 Å². The van der Waals surface area contributed by atoms with E-state index in [4.69, 9.17) is 14.5 Å². The molecule has 3 aliphatic heterocycles. The van der Waals surface area contributed by atoms with Gasteiger partial charge in [-0.05, 0) is 58.7 Å². The summed E-state index contributed by atoms with van der Waals surface area (Å²) < 4.78 is 26.2. The Bertz CT molecular complexity index is 1230. The standard InChI is InChI=1S/C30H43FN6O3/c1-5-39-30(9-12-34(13-10-30)22(2)3)25-6-7-26(32-20-25)24-18-28-27(8-11-33-37(28)21-24)35-14-16-36(17-15-35)29(38)40-23(4)19-31/h6-8,11,18,21-23,25H,5,9-10,12-17,19-20H2,1-4H3/t23-,25?/m1/s1. The monoisotopic (exact) mass is 554 g/mol. The molecule has 2 atom stereocenters. The molecule has 0 bridgehead atoms. The van der Waals surface area contributed by atoms with Crippen molar-refractivity contribution in [2.45, 2.75) is 58.3 Å². The van der Waals surface area contributed by atoms with E-state index >= 15 is 0 Å². The second-order valence-electron chi connectivity index (χ2n) is 11.4. The van der Waals surface area contributed by atoms with Crippen molar-refractivity contribution in [2.75, 3.05) is 64.0 Å². The van der Waals surface area contributed by atoms with Gasteiger partial charge in [0.2, 0.25) is 0 Å². The maximum absolute atomic E-state index is 12.7. The fourth-order valence-corrected chi connectivity index (χ4v) is 6.19. The zero-order chi connectivity index (χ0) is 28.3. The second kappa shape index (κ2) is 12.3. The zero-order valence-corrected chi connectivity index (χ0v) is 24.3. The summed E-state index contributed by atoms with van der Waals surface area (Å²) in [5.41, 5.74) is 3.93.